The zero-order valence-electron chi connectivity index (χ0n) is 13.6. The number of carbonyl (C=O) groups is 2. The highest BCUT2D eigenvalue weighted by atomic mass is 16.6. The van der Waals surface area contributed by atoms with Gasteiger partial charge in [-0.15, -0.1) is 0 Å². The summed E-state index contributed by atoms with van der Waals surface area (Å²) in [6, 6.07) is 4.04. The van der Waals surface area contributed by atoms with Crippen LogP contribution in [0.1, 0.15) is 30.0 Å². The van der Waals surface area contributed by atoms with Crippen molar-refractivity contribution in [1.29, 1.82) is 0 Å². The Morgan fingerprint density at radius 1 is 1.22 bits per heavy atom. The number of hydrogen-bond acceptors (Lipinski definition) is 4. The molecule has 1 aliphatic rings. The first-order valence-electron chi connectivity index (χ1n) is 7.90. The average Bonchev–Trinajstić information content (AvgIpc) is 2.69. The number of amides is 1. The molecule has 23 heavy (non-hydrogen) atoms. The quantitative estimate of drug-likeness (QED) is 0.901. The lowest BCUT2D eigenvalue weighted by molar-refractivity contribution is -0.137. The van der Waals surface area contributed by atoms with E-state index < -0.39 is 5.97 Å². The van der Waals surface area contributed by atoms with Crippen molar-refractivity contribution in [2.75, 3.05) is 26.3 Å². The maximum Gasteiger partial charge on any atom is 0.409 e. The summed E-state index contributed by atoms with van der Waals surface area (Å²) in [5.74, 6) is -0.155. The Morgan fingerprint density at radius 2 is 1.87 bits per heavy atom. The summed E-state index contributed by atoms with van der Waals surface area (Å²) in [4.78, 5) is 24.2. The molecule has 6 nitrogen and oxygen atoms in total. The SMILES string of the molecule is CCOC(=O)N1CCc2cc(C)c(OCCC(=O)O)cc2CC1. The Labute approximate surface area is 136 Å². The number of benzene rings is 1. The summed E-state index contributed by atoms with van der Waals surface area (Å²) >= 11 is 0. The van der Waals surface area contributed by atoms with Crippen LogP contribution in [0.15, 0.2) is 12.1 Å². The predicted molar refractivity (Wildman–Crippen MR) is 84.9 cm³/mol. The number of ether oxygens (including phenoxy) is 2. The highest BCUT2D eigenvalue weighted by molar-refractivity contribution is 5.68. The molecule has 0 radical (unpaired) electrons. The van der Waals surface area contributed by atoms with Gasteiger partial charge in [0.05, 0.1) is 19.6 Å². The minimum atomic E-state index is -0.873. The molecule has 126 valence electrons. The van der Waals surface area contributed by atoms with Gasteiger partial charge in [-0.1, -0.05) is 6.07 Å². The molecular weight excluding hydrogens is 298 g/mol. The molecule has 1 aliphatic heterocycles. The number of fused-ring (bicyclic) bond motifs is 1. The van der Waals surface area contributed by atoms with Crippen LogP contribution in [0.2, 0.25) is 0 Å². The lowest BCUT2D eigenvalue weighted by Crippen LogP contribution is -2.33. The topological polar surface area (TPSA) is 76.1 Å². The van der Waals surface area contributed by atoms with Crippen molar-refractivity contribution in [3.8, 4) is 5.75 Å². The maximum atomic E-state index is 11.9. The zero-order chi connectivity index (χ0) is 16.8. The normalized spacial score (nSPS) is 13.9. The third-order valence-electron chi connectivity index (χ3n) is 3.90. The molecule has 1 N–H and O–H groups in total. The minimum absolute atomic E-state index is 0.0207. The molecule has 0 fully saturated rings. The molecule has 0 bridgehead atoms. The number of rotatable bonds is 5. The first kappa shape index (κ1) is 17.1. The van der Waals surface area contributed by atoms with Gasteiger partial charge in [-0.25, -0.2) is 4.79 Å². The van der Waals surface area contributed by atoms with Crippen LogP contribution >= 0.6 is 0 Å². The van der Waals surface area contributed by atoms with Crippen molar-refractivity contribution < 1.29 is 24.2 Å². The van der Waals surface area contributed by atoms with Crippen LogP contribution in [-0.4, -0.2) is 48.4 Å². The lowest BCUT2D eigenvalue weighted by Gasteiger charge is -2.18. The standard InChI is InChI=1S/C17H23NO5/c1-3-22-17(21)18-7-4-13-10-12(2)15(11-14(13)5-8-18)23-9-6-16(19)20/h10-11H,3-9H2,1-2H3,(H,19,20). The van der Waals surface area contributed by atoms with E-state index in [9.17, 15) is 9.59 Å². The summed E-state index contributed by atoms with van der Waals surface area (Å²) in [6.45, 7) is 5.54. The molecule has 2 rings (SSSR count). The Hall–Kier alpha value is -2.24. The van der Waals surface area contributed by atoms with Crippen LogP contribution in [0, 0.1) is 6.92 Å². The highest BCUT2D eigenvalue weighted by Gasteiger charge is 2.20. The second kappa shape index (κ2) is 7.85. The van der Waals surface area contributed by atoms with E-state index in [2.05, 4.69) is 6.07 Å². The Morgan fingerprint density at radius 3 is 2.48 bits per heavy atom. The van der Waals surface area contributed by atoms with E-state index in [4.69, 9.17) is 14.6 Å². The summed E-state index contributed by atoms with van der Waals surface area (Å²) in [5.41, 5.74) is 3.34. The van der Waals surface area contributed by atoms with Gasteiger partial charge in [0.1, 0.15) is 5.75 Å². The van der Waals surface area contributed by atoms with Gasteiger partial charge in [-0.3, -0.25) is 4.79 Å². The van der Waals surface area contributed by atoms with Crippen molar-refractivity contribution in [3.63, 3.8) is 0 Å². The molecular formula is C17H23NO5. The van der Waals surface area contributed by atoms with Gasteiger partial charge in [0.15, 0.2) is 0 Å². The summed E-state index contributed by atoms with van der Waals surface area (Å²) < 4.78 is 10.6. The first-order valence-corrected chi connectivity index (χ1v) is 7.90. The first-order chi connectivity index (χ1) is 11.0. The van der Waals surface area contributed by atoms with Gasteiger partial charge < -0.3 is 19.5 Å². The second-order valence-electron chi connectivity index (χ2n) is 5.56. The van der Waals surface area contributed by atoms with Gasteiger partial charge >= 0.3 is 12.1 Å². The Balaban J connectivity index is 2.06. The number of hydrogen-bond donors (Lipinski definition) is 1. The van der Waals surface area contributed by atoms with Crippen LogP contribution in [-0.2, 0) is 22.4 Å². The predicted octanol–water partition coefficient (Wildman–Crippen LogP) is 2.41. The number of carboxylic acids is 1. The highest BCUT2D eigenvalue weighted by Crippen LogP contribution is 2.26. The van der Waals surface area contributed by atoms with Crippen molar-refractivity contribution in [3.05, 3.63) is 28.8 Å². The maximum absolute atomic E-state index is 11.9. The third kappa shape index (κ3) is 4.61. The van der Waals surface area contributed by atoms with Crippen molar-refractivity contribution in [2.24, 2.45) is 0 Å². The zero-order valence-corrected chi connectivity index (χ0v) is 13.6. The third-order valence-corrected chi connectivity index (χ3v) is 3.90. The number of aryl methyl sites for hydroxylation is 1. The Bertz CT molecular complexity index is 585. The van der Waals surface area contributed by atoms with E-state index in [-0.39, 0.29) is 19.1 Å². The second-order valence-corrected chi connectivity index (χ2v) is 5.56. The molecule has 0 unspecified atom stereocenters. The minimum Gasteiger partial charge on any atom is -0.493 e. The van der Waals surface area contributed by atoms with E-state index >= 15 is 0 Å². The molecule has 0 saturated carbocycles. The fourth-order valence-electron chi connectivity index (χ4n) is 2.68. The Kier molecular flexibility index (Phi) is 5.84. The molecule has 1 heterocycles. The van der Waals surface area contributed by atoms with Gasteiger partial charge in [-0.05, 0) is 49.4 Å². The van der Waals surface area contributed by atoms with Crippen molar-refractivity contribution >= 4 is 12.1 Å². The van der Waals surface area contributed by atoms with Crippen molar-refractivity contribution in [2.45, 2.75) is 33.1 Å². The molecule has 0 spiro atoms. The summed E-state index contributed by atoms with van der Waals surface area (Å²) in [5, 5.41) is 8.69. The van der Waals surface area contributed by atoms with E-state index in [0.717, 1.165) is 29.7 Å². The molecule has 6 heteroatoms. The summed E-state index contributed by atoms with van der Waals surface area (Å²) in [6.07, 6.45) is 1.23. The van der Waals surface area contributed by atoms with E-state index in [1.807, 2.05) is 13.0 Å². The lowest BCUT2D eigenvalue weighted by atomic mass is 10.00. The van der Waals surface area contributed by atoms with Crippen LogP contribution in [0.3, 0.4) is 0 Å². The smallest absolute Gasteiger partial charge is 0.409 e. The molecule has 0 aliphatic carbocycles. The fourth-order valence-corrected chi connectivity index (χ4v) is 2.68. The summed E-state index contributed by atoms with van der Waals surface area (Å²) in [7, 11) is 0. The van der Waals surface area contributed by atoms with Gasteiger partial charge in [-0.2, -0.15) is 0 Å². The van der Waals surface area contributed by atoms with Crippen LogP contribution in [0.25, 0.3) is 0 Å². The number of carboxylic acid groups (broad SMARTS) is 1. The number of aliphatic carboxylic acids is 1. The molecule has 0 atom stereocenters. The largest absolute Gasteiger partial charge is 0.493 e. The molecule has 0 aromatic heterocycles. The van der Waals surface area contributed by atoms with Gasteiger partial charge in [0.2, 0.25) is 0 Å². The molecule has 1 aromatic carbocycles. The van der Waals surface area contributed by atoms with Crippen LogP contribution in [0.5, 0.6) is 5.75 Å². The van der Waals surface area contributed by atoms with Crippen molar-refractivity contribution in [1.82, 2.24) is 4.90 Å². The van der Waals surface area contributed by atoms with Crippen LogP contribution in [0.4, 0.5) is 4.79 Å². The number of nitrogens with zero attached hydrogens (tertiary/aromatic N) is 1. The van der Waals surface area contributed by atoms with Crippen LogP contribution < -0.4 is 4.74 Å². The monoisotopic (exact) mass is 321 g/mol. The van der Waals surface area contributed by atoms with Gasteiger partial charge in [0, 0.05) is 13.1 Å². The molecule has 0 saturated heterocycles. The van der Waals surface area contributed by atoms with E-state index in [1.54, 1.807) is 11.8 Å². The fraction of sp³-hybridized carbons (Fsp3) is 0.529. The molecule has 1 amide bonds. The van der Waals surface area contributed by atoms with Gasteiger partial charge in [0.25, 0.3) is 0 Å². The van der Waals surface area contributed by atoms with E-state index in [1.165, 1.54) is 5.56 Å². The number of carbonyl (C=O) groups excluding carboxylic acids is 1. The average molecular weight is 321 g/mol. The van der Waals surface area contributed by atoms with E-state index in [0.29, 0.717) is 19.7 Å². The molecule has 1 aromatic rings.